The first-order chi connectivity index (χ1) is 10.0. The lowest BCUT2D eigenvalue weighted by Gasteiger charge is -2.35. The molecule has 5 nitrogen and oxygen atoms in total. The van der Waals surface area contributed by atoms with Crippen molar-refractivity contribution in [3.05, 3.63) is 29.8 Å². The minimum absolute atomic E-state index is 0. The molecule has 22 heavy (non-hydrogen) atoms. The molecule has 1 aromatic carbocycles. The third-order valence-corrected chi connectivity index (χ3v) is 3.84. The molecule has 1 amide bonds. The van der Waals surface area contributed by atoms with E-state index in [1.807, 2.05) is 31.2 Å². The summed E-state index contributed by atoms with van der Waals surface area (Å²) in [6.45, 7) is 4.10. The van der Waals surface area contributed by atoms with Gasteiger partial charge in [-0.3, -0.25) is 4.79 Å². The molecule has 1 aliphatic rings. The van der Waals surface area contributed by atoms with Gasteiger partial charge in [0, 0.05) is 20.3 Å². The van der Waals surface area contributed by atoms with Gasteiger partial charge >= 0.3 is 0 Å². The highest BCUT2D eigenvalue weighted by Gasteiger charge is 2.37. The van der Waals surface area contributed by atoms with Crippen LogP contribution in [-0.2, 0) is 9.53 Å². The molecule has 1 aromatic rings. The van der Waals surface area contributed by atoms with Gasteiger partial charge in [-0.25, -0.2) is 0 Å². The highest BCUT2D eigenvalue weighted by atomic mass is 35.5. The molecular weight excluding hydrogens is 304 g/mol. The summed E-state index contributed by atoms with van der Waals surface area (Å²) in [7, 11) is 1.77. The van der Waals surface area contributed by atoms with E-state index in [2.05, 4.69) is 0 Å². The molecule has 0 radical (unpaired) electrons. The van der Waals surface area contributed by atoms with Crippen LogP contribution in [0, 0.1) is 6.92 Å². The zero-order chi connectivity index (χ0) is 15.3. The van der Waals surface area contributed by atoms with Crippen LogP contribution in [0.2, 0.25) is 0 Å². The van der Waals surface area contributed by atoms with Crippen LogP contribution in [0.1, 0.15) is 18.4 Å². The van der Waals surface area contributed by atoms with E-state index in [1.54, 1.807) is 11.9 Å². The zero-order valence-electron chi connectivity index (χ0n) is 13.2. The lowest BCUT2D eigenvalue weighted by molar-refractivity contribution is -0.139. The van der Waals surface area contributed by atoms with Gasteiger partial charge in [-0.1, -0.05) is 12.1 Å². The number of carbonyl (C=O) groups is 1. The average Bonchev–Trinajstić information content (AvgIpc) is 2.47. The first kappa shape index (κ1) is 18.7. The maximum Gasteiger partial charge on any atom is 0.242 e. The highest BCUT2D eigenvalue weighted by molar-refractivity contribution is 5.86. The van der Waals surface area contributed by atoms with Gasteiger partial charge in [0.2, 0.25) is 5.91 Å². The van der Waals surface area contributed by atoms with Crippen molar-refractivity contribution in [3.63, 3.8) is 0 Å². The Morgan fingerprint density at radius 2 is 2.09 bits per heavy atom. The van der Waals surface area contributed by atoms with E-state index in [-0.39, 0.29) is 18.3 Å². The van der Waals surface area contributed by atoms with Crippen molar-refractivity contribution in [1.82, 2.24) is 4.90 Å². The van der Waals surface area contributed by atoms with Gasteiger partial charge in [0.1, 0.15) is 12.4 Å². The van der Waals surface area contributed by atoms with Crippen LogP contribution < -0.4 is 10.5 Å². The number of hydrogen-bond donors (Lipinski definition) is 1. The smallest absolute Gasteiger partial charge is 0.242 e. The lowest BCUT2D eigenvalue weighted by Crippen LogP contribution is -2.57. The molecular formula is C16H25ClN2O3. The molecule has 0 aliphatic carbocycles. The predicted molar refractivity (Wildman–Crippen MR) is 88.5 cm³/mol. The number of amides is 1. The highest BCUT2D eigenvalue weighted by Crippen LogP contribution is 2.20. The van der Waals surface area contributed by atoms with Crippen LogP contribution in [0.4, 0.5) is 0 Å². The van der Waals surface area contributed by atoms with Crippen LogP contribution >= 0.6 is 12.4 Å². The predicted octanol–water partition coefficient (Wildman–Crippen LogP) is 1.76. The number of aryl methyl sites for hydroxylation is 1. The van der Waals surface area contributed by atoms with Crippen LogP contribution in [0.25, 0.3) is 0 Å². The largest absolute Gasteiger partial charge is 0.492 e. The fraction of sp³-hybridized carbons (Fsp3) is 0.562. The van der Waals surface area contributed by atoms with Crippen molar-refractivity contribution < 1.29 is 14.3 Å². The van der Waals surface area contributed by atoms with E-state index in [0.29, 0.717) is 39.2 Å². The van der Waals surface area contributed by atoms with E-state index >= 15 is 0 Å². The zero-order valence-corrected chi connectivity index (χ0v) is 14.0. The van der Waals surface area contributed by atoms with Crippen molar-refractivity contribution in [2.75, 3.05) is 33.4 Å². The maximum atomic E-state index is 12.4. The summed E-state index contributed by atoms with van der Waals surface area (Å²) in [6.07, 6.45) is 1.16. The summed E-state index contributed by atoms with van der Waals surface area (Å²) in [4.78, 5) is 14.1. The number of likely N-dealkylation sites (N-methyl/N-ethyl adjacent to an activating group) is 1. The second-order valence-corrected chi connectivity index (χ2v) is 5.66. The third kappa shape index (κ3) is 4.87. The fourth-order valence-corrected chi connectivity index (χ4v) is 2.44. The Kier molecular flexibility index (Phi) is 7.13. The van der Waals surface area contributed by atoms with Crippen molar-refractivity contribution >= 4 is 18.3 Å². The monoisotopic (exact) mass is 328 g/mol. The third-order valence-electron chi connectivity index (χ3n) is 3.84. The number of carbonyl (C=O) groups excluding carboxylic acids is 1. The molecule has 2 N–H and O–H groups in total. The molecule has 0 aromatic heterocycles. The first-order valence-corrected chi connectivity index (χ1v) is 7.33. The Bertz CT molecular complexity index is 490. The molecule has 1 heterocycles. The van der Waals surface area contributed by atoms with E-state index in [4.69, 9.17) is 15.2 Å². The second kappa shape index (κ2) is 8.36. The van der Waals surface area contributed by atoms with Gasteiger partial charge in [-0.2, -0.15) is 0 Å². The summed E-state index contributed by atoms with van der Waals surface area (Å²) in [6, 6.07) is 7.87. The van der Waals surface area contributed by atoms with Crippen LogP contribution in [0.15, 0.2) is 24.3 Å². The summed E-state index contributed by atoms with van der Waals surface area (Å²) < 4.78 is 10.9. The van der Waals surface area contributed by atoms with Crippen LogP contribution in [0.5, 0.6) is 5.75 Å². The number of nitrogens with zero attached hydrogens (tertiary/aromatic N) is 1. The van der Waals surface area contributed by atoms with Crippen molar-refractivity contribution in [3.8, 4) is 5.75 Å². The molecule has 0 spiro atoms. The summed E-state index contributed by atoms with van der Waals surface area (Å²) in [5, 5.41) is 0. The van der Waals surface area contributed by atoms with E-state index < -0.39 is 5.54 Å². The van der Waals surface area contributed by atoms with Crippen molar-refractivity contribution in [2.24, 2.45) is 5.73 Å². The second-order valence-electron chi connectivity index (χ2n) is 5.66. The summed E-state index contributed by atoms with van der Waals surface area (Å²) in [5.41, 5.74) is 6.57. The Labute approximate surface area is 138 Å². The van der Waals surface area contributed by atoms with Gasteiger partial charge in [0.05, 0.1) is 12.1 Å². The molecule has 0 unspecified atom stereocenters. The maximum absolute atomic E-state index is 12.4. The van der Waals surface area contributed by atoms with E-state index in [1.165, 1.54) is 0 Å². The average molecular weight is 329 g/mol. The number of ether oxygens (including phenoxy) is 2. The normalized spacial score (nSPS) is 16.5. The Hall–Kier alpha value is -1.30. The minimum atomic E-state index is -0.781. The summed E-state index contributed by atoms with van der Waals surface area (Å²) in [5.74, 6) is 0.794. The molecule has 0 saturated carbocycles. The topological polar surface area (TPSA) is 64.8 Å². The fourth-order valence-electron chi connectivity index (χ4n) is 2.44. The molecule has 6 heteroatoms. The van der Waals surface area contributed by atoms with Crippen molar-refractivity contribution in [1.29, 1.82) is 0 Å². The van der Waals surface area contributed by atoms with Crippen LogP contribution in [0.3, 0.4) is 0 Å². The molecule has 1 aliphatic heterocycles. The lowest BCUT2D eigenvalue weighted by atomic mass is 9.90. The molecule has 0 atom stereocenters. The number of hydrogen-bond acceptors (Lipinski definition) is 4. The van der Waals surface area contributed by atoms with Gasteiger partial charge in [0.25, 0.3) is 0 Å². The number of halogens is 1. The minimum Gasteiger partial charge on any atom is -0.492 e. The molecule has 124 valence electrons. The Balaban J connectivity index is 0.00000242. The van der Waals surface area contributed by atoms with Crippen molar-refractivity contribution in [2.45, 2.75) is 25.3 Å². The van der Waals surface area contributed by atoms with Gasteiger partial charge in [0.15, 0.2) is 0 Å². The van der Waals surface area contributed by atoms with Gasteiger partial charge < -0.3 is 20.1 Å². The van der Waals surface area contributed by atoms with Crippen LogP contribution in [-0.4, -0.2) is 49.8 Å². The quantitative estimate of drug-likeness (QED) is 0.894. The molecule has 1 fully saturated rings. The number of benzene rings is 1. The molecule has 2 rings (SSSR count). The molecule has 1 saturated heterocycles. The standard InChI is InChI=1S/C16H24N2O3.ClH/c1-13-4-3-5-14(12-13)21-11-8-18(2)15(19)16(17)6-9-20-10-7-16;/h3-5,12H,6-11,17H2,1-2H3;1H. The number of rotatable bonds is 5. The number of nitrogens with two attached hydrogens (primary N) is 1. The Morgan fingerprint density at radius 3 is 2.73 bits per heavy atom. The molecule has 0 bridgehead atoms. The SMILES string of the molecule is Cc1cccc(OCCN(C)C(=O)C2(N)CCOCC2)c1.Cl. The van der Waals surface area contributed by atoms with E-state index in [9.17, 15) is 4.79 Å². The van der Waals surface area contributed by atoms with E-state index in [0.717, 1.165) is 11.3 Å². The van der Waals surface area contributed by atoms with Gasteiger partial charge in [-0.05, 0) is 37.5 Å². The summed E-state index contributed by atoms with van der Waals surface area (Å²) >= 11 is 0. The Morgan fingerprint density at radius 1 is 1.41 bits per heavy atom. The van der Waals surface area contributed by atoms with Gasteiger partial charge in [-0.15, -0.1) is 12.4 Å². The first-order valence-electron chi connectivity index (χ1n) is 7.33.